The Balaban J connectivity index is 4.29. The highest BCUT2D eigenvalue weighted by Crippen LogP contribution is 2.07. The van der Waals surface area contributed by atoms with E-state index >= 15 is 0 Å². The van der Waals surface area contributed by atoms with Crippen molar-refractivity contribution >= 4 is 11.8 Å². The predicted octanol–water partition coefficient (Wildman–Crippen LogP) is 1.62. The van der Waals surface area contributed by atoms with Crippen LogP contribution in [0.25, 0.3) is 0 Å². The molecule has 0 aromatic heterocycles. The zero-order valence-corrected chi connectivity index (χ0v) is 7.67. The van der Waals surface area contributed by atoms with Gasteiger partial charge in [-0.15, -0.1) is 0 Å². The van der Waals surface area contributed by atoms with Gasteiger partial charge in [-0.2, -0.15) is 0 Å². The minimum atomic E-state index is -2.70. The Morgan fingerprint density at radius 3 is 2.31 bits per heavy atom. The molecule has 0 aliphatic heterocycles. The van der Waals surface area contributed by atoms with Gasteiger partial charge in [0, 0.05) is 13.0 Å². The first-order valence-corrected chi connectivity index (χ1v) is 3.73. The van der Waals surface area contributed by atoms with Gasteiger partial charge in [0.05, 0.1) is 0 Å². The van der Waals surface area contributed by atoms with Crippen LogP contribution in [0, 0.1) is 5.92 Å². The monoisotopic (exact) mass is 194 g/mol. The molecule has 0 radical (unpaired) electrons. The van der Waals surface area contributed by atoms with E-state index in [2.05, 4.69) is 15.3 Å². The fourth-order valence-corrected chi connectivity index (χ4v) is 0.537. The molecule has 0 fully saturated rings. The van der Waals surface area contributed by atoms with Gasteiger partial charge in [-0.25, -0.2) is 13.6 Å². The number of alkyl halides is 2. The van der Waals surface area contributed by atoms with Gasteiger partial charge in [0.25, 0.3) is 6.43 Å². The van der Waals surface area contributed by atoms with Crippen molar-refractivity contribution in [3.8, 4) is 0 Å². The third-order valence-corrected chi connectivity index (χ3v) is 1.25. The largest absolute Gasteiger partial charge is 0.433 e. The van der Waals surface area contributed by atoms with E-state index in [1.807, 2.05) is 0 Å². The average Bonchev–Trinajstić information content (AvgIpc) is 2.03. The molecule has 0 spiro atoms. The number of oxime groups is 1. The first-order valence-electron chi connectivity index (χ1n) is 3.73. The fraction of sp³-hybridized carbons (Fsp3) is 0.714. The van der Waals surface area contributed by atoms with Crippen LogP contribution in [0.4, 0.5) is 13.6 Å². The summed E-state index contributed by atoms with van der Waals surface area (Å²) >= 11 is 0. The number of amides is 1. The maximum Gasteiger partial charge on any atom is 0.433 e. The van der Waals surface area contributed by atoms with Crippen molar-refractivity contribution in [3.05, 3.63) is 0 Å². The maximum absolute atomic E-state index is 12.2. The molecule has 0 saturated heterocycles. The van der Waals surface area contributed by atoms with Gasteiger partial charge in [0.15, 0.2) is 0 Å². The van der Waals surface area contributed by atoms with E-state index in [4.69, 9.17) is 0 Å². The molecule has 6 heteroatoms. The molecular weight excluding hydrogens is 182 g/mol. The van der Waals surface area contributed by atoms with Crippen molar-refractivity contribution in [3.63, 3.8) is 0 Å². The van der Waals surface area contributed by atoms with Gasteiger partial charge in [0.2, 0.25) is 0 Å². The summed E-state index contributed by atoms with van der Waals surface area (Å²) in [4.78, 5) is 14.6. The zero-order valence-electron chi connectivity index (χ0n) is 7.67. The smallest absolute Gasteiger partial charge is 0.323 e. The molecule has 0 atom stereocenters. The van der Waals surface area contributed by atoms with Gasteiger partial charge in [-0.05, 0) is 0 Å². The second-order valence-corrected chi connectivity index (χ2v) is 2.60. The van der Waals surface area contributed by atoms with Crippen LogP contribution >= 0.6 is 0 Å². The van der Waals surface area contributed by atoms with Gasteiger partial charge in [0.1, 0.15) is 5.71 Å². The Hall–Kier alpha value is -1.20. The lowest BCUT2D eigenvalue weighted by Gasteiger charge is -2.06. The minimum Gasteiger partial charge on any atom is -0.323 e. The van der Waals surface area contributed by atoms with Gasteiger partial charge in [-0.1, -0.05) is 19.0 Å². The number of carbonyl (C=O) groups excluding carboxylic acids is 1. The summed E-state index contributed by atoms with van der Waals surface area (Å²) < 4.78 is 24.3. The Bertz CT molecular complexity index is 195. The quantitative estimate of drug-likeness (QED) is 0.421. The van der Waals surface area contributed by atoms with Crippen LogP contribution in [0.3, 0.4) is 0 Å². The Labute approximate surface area is 74.9 Å². The standard InChI is InChI=1S/C7H12F2N2O2/c1-4(2)5(6(8)9)11-13-7(12)10-3/h4,6H,1-3H3,(H,10,12). The van der Waals surface area contributed by atoms with E-state index in [1.54, 1.807) is 0 Å². The second-order valence-electron chi connectivity index (χ2n) is 2.60. The number of nitrogens with one attached hydrogen (secondary N) is 1. The predicted molar refractivity (Wildman–Crippen MR) is 43.8 cm³/mol. The summed E-state index contributed by atoms with van der Waals surface area (Å²) in [6.45, 7) is 3.08. The third-order valence-electron chi connectivity index (χ3n) is 1.25. The summed E-state index contributed by atoms with van der Waals surface area (Å²) in [7, 11) is 1.31. The van der Waals surface area contributed by atoms with Crippen molar-refractivity contribution in [2.24, 2.45) is 11.1 Å². The van der Waals surface area contributed by atoms with Crippen molar-refractivity contribution in [2.75, 3.05) is 7.05 Å². The Morgan fingerprint density at radius 2 is 2.00 bits per heavy atom. The Kier molecular flexibility index (Phi) is 4.94. The molecule has 13 heavy (non-hydrogen) atoms. The number of carbonyl (C=O) groups is 1. The molecule has 0 heterocycles. The van der Waals surface area contributed by atoms with Crippen LogP contribution in [0.1, 0.15) is 13.8 Å². The number of hydrogen-bond donors (Lipinski definition) is 1. The molecule has 4 nitrogen and oxygen atoms in total. The van der Waals surface area contributed by atoms with Crippen LogP contribution in [0.2, 0.25) is 0 Å². The summed E-state index contributed by atoms with van der Waals surface area (Å²) in [6.07, 6.45) is -3.57. The highest BCUT2D eigenvalue weighted by atomic mass is 19.3. The lowest BCUT2D eigenvalue weighted by molar-refractivity contribution is 0.146. The summed E-state index contributed by atoms with van der Waals surface area (Å²) in [5.41, 5.74) is -0.441. The van der Waals surface area contributed by atoms with Gasteiger partial charge in [-0.3, -0.25) is 4.84 Å². The van der Waals surface area contributed by atoms with E-state index in [1.165, 1.54) is 20.9 Å². The molecule has 0 bridgehead atoms. The van der Waals surface area contributed by atoms with Crippen LogP contribution in [0.15, 0.2) is 5.16 Å². The van der Waals surface area contributed by atoms with Gasteiger partial charge < -0.3 is 5.32 Å². The van der Waals surface area contributed by atoms with Crippen molar-refractivity contribution in [2.45, 2.75) is 20.3 Å². The molecule has 76 valence electrons. The first kappa shape index (κ1) is 11.8. The van der Waals surface area contributed by atoms with Crippen molar-refractivity contribution in [1.82, 2.24) is 5.32 Å². The molecular formula is C7H12F2N2O2. The number of halogens is 2. The van der Waals surface area contributed by atoms with Crippen molar-refractivity contribution in [1.29, 1.82) is 0 Å². The van der Waals surface area contributed by atoms with E-state index < -0.39 is 24.1 Å². The molecule has 0 rings (SSSR count). The normalized spacial score (nSPS) is 12.1. The highest BCUT2D eigenvalue weighted by molar-refractivity contribution is 5.89. The Morgan fingerprint density at radius 1 is 1.46 bits per heavy atom. The lowest BCUT2D eigenvalue weighted by atomic mass is 10.1. The molecule has 0 aromatic rings. The molecule has 0 aliphatic rings. The molecule has 0 aromatic carbocycles. The summed E-state index contributed by atoms with van der Waals surface area (Å²) in [6, 6.07) is 0. The van der Waals surface area contributed by atoms with E-state index in [0.717, 1.165) is 0 Å². The summed E-state index contributed by atoms with van der Waals surface area (Å²) in [5.74, 6) is -0.454. The fourth-order valence-electron chi connectivity index (χ4n) is 0.537. The molecule has 1 amide bonds. The average molecular weight is 194 g/mol. The molecule has 0 saturated carbocycles. The third kappa shape index (κ3) is 4.39. The van der Waals surface area contributed by atoms with Crippen LogP contribution in [-0.4, -0.2) is 25.3 Å². The number of nitrogens with zero attached hydrogens (tertiary/aromatic N) is 1. The van der Waals surface area contributed by atoms with E-state index in [9.17, 15) is 13.6 Å². The first-order chi connectivity index (χ1) is 5.99. The summed E-state index contributed by atoms with van der Waals surface area (Å²) in [5, 5.41) is 5.13. The van der Waals surface area contributed by atoms with Crippen LogP contribution < -0.4 is 5.32 Å². The highest BCUT2D eigenvalue weighted by Gasteiger charge is 2.18. The molecule has 0 aliphatic carbocycles. The number of rotatable bonds is 3. The SMILES string of the molecule is CNC(=O)ON=C(C(C)C)C(F)F. The van der Waals surface area contributed by atoms with Crippen LogP contribution in [0.5, 0.6) is 0 Å². The van der Waals surface area contributed by atoms with Crippen LogP contribution in [-0.2, 0) is 4.84 Å². The molecule has 1 N–H and O–H groups in total. The zero-order chi connectivity index (χ0) is 10.4. The van der Waals surface area contributed by atoms with E-state index in [0.29, 0.717) is 0 Å². The minimum absolute atomic E-state index is 0.441. The molecule has 0 unspecified atom stereocenters. The lowest BCUT2D eigenvalue weighted by Crippen LogP contribution is -2.22. The second kappa shape index (κ2) is 5.45. The topological polar surface area (TPSA) is 50.7 Å². The van der Waals surface area contributed by atoms with Crippen molar-refractivity contribution < 1.29 is 18.4 Å². The maximum atomic E-state index is 12.2. The number of hydrogen-bond acceptors (Lipinski definition) is 3. The van der Waals surface area contributed by atoms with E-state index in [-0.39, 0.29) is 0 Å². The van der Waals surface area contributed by atoms with Gasteiger partial charge >= 0.3 is 6.09 Å².